The molecular formula is C28H43N3O4. The molecular weight excluding hydrogens is 442 g/mol. The standard InChI is InChI=1S/C28H43N3O4/c1-5-7-21-15-20(4)25(35-6-2)16-22(21)17-30-12-10-28(11-13-30)18-31(27(34)29-28)24-9-8-19(3)14-23(24)26(32)33/h15-16,19,23-24H,5-14,17-18H2,1-4H3,(H,29,34)(H,32,33). The summed E-state index contributed by atoms with van der Waals surface area (Å²) in [5.41, 5.74) is 3.70. The highest BCUT2D eigenvalue weighted by molar-refractivity contribution is 5.80. The number of hydrogen-bond donors (Lipinski definition) is 2. The second kappa shape index (κ2) is 10.8. The normalized spacial score (nSPS) is 26.7. The van der Waals surface area contributed by atoms with Crippen LogP contribution < -0.4 is 10.1 Å². The van der Waals surface area contributed by atoms with Crippen LogP contribution in [0, 0.1) is 18.8 Å². The van der Waals surface area contributed by atoms with Crippen molar-refractivity contribution in [3.63, 3.8) is 0 Å². The first-order chi connectivity index (χ1) is 16.7. The van der Waals surface area contributed by atoms with E-state index >= 15 is 0 Å². The van der Waals surface area contributed by atoms with Crippen molar-refractivity contribution in [2.24, 2.45) is 11.8 Å². The number of carboxylic acids is 1. The number of benzene rings is 1. The lowest BCUT2D eigenvalue weighted by atomic mass is 9.77. The molecule has 2 saturated heterocycles. The number of carbonyl (C=O) groups excluding carboxylic acids is 1. The zero-order chi connectivity index (χ0) is 25.2. The van der Waals surface area contributed by atoms with E-state index in [0.717, 1.165) is 63.9 Å². The number of amides is 2. The first-order valence-corrected chi connectivity index (χ1v) is 13.5. The summed E-state index contributed by atoms with van der Waals surface area (Å²) in [6.45, 7) is 12.5. The number of ether oxygens (including phenoxy) is 1. The van der Waals surface area contributed by atoms with Gasteiger partial charge in [-0.1, -0.05) is 26.3 Å². The van der Waals surface area contributed by atoms with Gasteiger partial charge in [0, 0.05) is 32.2 Å². The van der Waals surface area contributed by atoms with Gasteiger partial charge in [0.25, 0.3) is 0 Å². The molecule has 2 amide bonds. The largest absolute Gasteiger partial charge is 0.494 e. The van der Waals surface area contributed by atoms with E-state index in [4.69, 9.17) is 4.74 Å². The van der Waals surface area contributed by atoms with Crippen molar-refractivity contribution in [3.05, 3.63) is 28.8 Å². The highest BCUT2D eigenvalue weighted by Crippen LogP contribution is 2.37. The van der Waals surface area contributed by atoms with Gasteiger partial charge in [0.05, 0.1) is 18.1 Å². The van der Waals surface area contributed by atoms with Crippen LogP contribution in [0.5, 0.6) is 5.75 Å². The molecule has 2 aliphatic heterocycles. The summed E-state index contributed by atoms with van der Waals surface area (Å²) in [6, 6.07) is 4.24. The minimum absolute atomic E-state index is 0.0747. The van der Waals surface area contributed by atoms with Gasteiger partial charge < -0.3 is 20.1 Å². The fourth-order valence-electron chi connectivity index (χ4n) is 6.42. The molecule has 35 heavy (non-hydrogen) atoms. The summed E-state index contributed by atoms with van der Waals surface area (Å²) in [4.78, 5) is 29.3. The molecule has 0 bridgehead atoms. The third kappa shape index (κ3) is 5.60. The number of likely N-dealkylation sites (tertiary alicyclic amines) is 1. The molecule has 1 aromatic carbocycles. The second-order valence-corrected chi connectivity index (χ2v) is 11.1. The highest BCUT2D eigenvalue weighted by Gasteiger charge is 2.49. The average molecular weight is 486 g/mol. The molecule has 1 saturated carbocycles. The summed E-state index contributed by atoms with van der Waals surface area (Å²) in [5.74, 6) is 0.150. The lowest BCUT2D eigenvalue weighted by Crippen LogP contribution is -2.52. The Morgan fingerprint density at radius 3 is 2.60 bits per heavy atom. The fraction of sp³-hybridized carbons (Fsp3) is 0.714. The molecule has 1 aromatic rings. The number of rotatable bonds is 8. The van der Waals surface area contributed by atoms with Crippen LogP contribution in [0.15, 0.2) is 12.1 Å². The van der Waals surface area contributed by atoms with E-state index in [1.54, 1.807) is 0 Å². The van der Waals surface area contributed by atoms with E-state index in [-0.39, 0.29) is 17.6 Å². The second-order valence-electron chi connectivity index (χ2n) is 11.1. The number of aryl methyl sites for hydroxylation is 2. The fourth-order valence-corrected chi connectivity index (χ4v) is 6.42. The minimum atomic E-state index is -0.766. The maximum atomic E-state index is 13.0. The molecule has 3 atom stereocenters. The third-order valence-corrected chi connectivity index (χ3v) is 8.42. The summed E-state index contributed by atoms with van der Waals surface area (Å²) < 4.78 is 5.88. The minimum Gasteiger partial charge on any atom is -0.494 e. The van der Waals surface area contributed by atoms with Crippen LogP contribution in [-0.2, 0) is 17.8 Å². The zero-order valence-corrected chi connectivity index (χ0v) is 21.9. The Morgan fingerprint density at radius 1 is 1.20 bits per heavy atom. The average Bonchev–Trinajstić information content (AvgIpc) is 3.14. The van der Waals surface area contributed by atoms with Crippen molar-refractivity contribution < 1.29 is 19.4 Å². The van der Waals surface area contributed by atoms with E-state index < -0.39 is 11.9 Å². The molecule has 0 aromatic heterocycles. The molecule has 3 aliphatic rings. The van der Waals surface area contributed by atoms with E-state index in [2.05, 4.69) is 43.1 Å². The number of carboxylic acid groups (broad SMARTS) is 1. The van der Waals surface area contributed by atoms with Crippen LogP contribution in [0.25, 0.3) is 0 Å². The smallest absolute Gasteiger partial charge is 0.318 e. The van der Waals surface area contributed by atoms with Crippen LogP contribution in [0.3, 0.4) is 0 Å². The molecule has 3 fully saturated rings. The number of nitrogens with zero attached hydrogens (tertiary/aromatic N) is 2. The van der Waals surface area contributed by atoms with Gasteiger partial charge in [-0.25, -0.2) is 4.79 Å². The van der Waals surface area contributed by atoms with Gasteiger partial charge in [0.1, 0.15) is 5.75 Å². The Hall–Kier alpha value is -2.28. The van der Waals surface area contributed by atoms with E-state index in [0.29, 0.717) is 25.5 Å². The Morgan fingerprint density at radius 2 is 1.94 bits per heavy atom. The number of hydrogen-bond acceptors (Lipinski definition) is 4. The van der Waals surface area contributed by atoms with Crippen molar-refractivity contribution in [1.82, 2.24) is 15.1 Å². The maximum absolute atomic E-state index is 13.0. The molecule has 194 valence electrons. The van der Waals surface area contributed by atoms with Crippen molar-refractivity contribution in [2.45, 2.75) is 90.8 Å². The number of urea groups is 1. The topological polar surface area (TPSA) is 82.1 Å². The summed E-state index contributed by atoms with van der Waals surface area (Å²) >= 11 is 0. The van der Waals surface area contributed by atoms with Crippen molar-refractivity contribution >= 4 is 12.0 Å². The van der Waals surface area contributed by atoms with Gasteiger partial charge in [0.2, 0.25) is 0 Å². The van der Waals surface area contributed by atoms with Gasteiger partial charge in [-0.05, 0) is 81.0 Å². The van der Waals surface area contributed by atoms with Crippen molar-refractivity contribution in [1.29, 1.82) is 0 Å². The number of nitrogens with one attached hydrogen (secondary N) is 1. The Balaban J connectivity index is 1.41. The molecule has 2 N–H and O–H groups in total. The Bertz CT molecular complexity index is 925. The number of piperidine rings is 1. The Kier molecular flexibility index (Phi) is 7.94. The van der Waals surface area contributed by atoms with Crippen LogP contribution in [0.2, 0.25) is 0 Å². The van der Waals surface area contributed by atoms with Gasteiger partial charge in [-0.15, -0.1) is 0 Å². The number of carbonyl (C=O) groups is 2. The quantitative estimate of drug-likeness (QED) is 0.563. The van der Waals surface area contributed by atoms with Gasteiger partial charge >= 0.3 is 12.0 Å². The van der Waals surface area contributed by atoms with Gasteiger partial charge in [0.15, 0.2) is 0 Å². The molecule has 7 heteroatoms. The molecule has 4 rings (SSSR count). The van der Waals surface area contributed by atoms with Gasteiger partial charge in [-0.2, -0.15) is 0 Å². The summed E-state index contributed by atoms with van der Waals surface area (Å²) in [6.07, 6.45) is 6.39. The predicted octanol–water partition coefficient (Wildman–Crippen LogP) is 4.60. The molecule has 1 aliphatic carbocycles. The van der Waals surface area contributed by atoms with Crippen LogP contribution in [0.1, 0.15) is 76.0 Å². The van der Waals surface area contributed by atoms with Crippen LogP contribution in [-0.4, -0.2) is 64.7 Å². The van der Waals surface area contributed by atoms with Gasteiger partial charge in [-0.3, -0.25) is 9.69 Å². The monoisotopic (exact) mass is 485 g/mol. The molecule has 1 spiro atoms. The van der Waals surface area contributed by atoms with E-state index in [1.807, 2.05) is 11.8 Å². The summed E-state index contributed by atoms with van der Waals surface area (Å²) in [7, 11) is 0. The summed E-state index contributed by atoms with van der Waals surface area (Å²) in [5, 5.41) is 13.1. The predicted molar refractivity (Wildman–Crippen MR) is 137 cm³/mol. The molecule has 2 heterocycles. The third-order valence-electron chi connectivity index (χ3n) is 8.42. The van der Waals surface area contributed by atoms with E-state index in [9.17, 15) is 14.7 Å². The highest BCUT2D eigenvalue weighted by atomic mass is 16.5. The lowest BCUT2D eigenvalue weighted by molar-refractivity contribution is -0.145. The van der Waals surface area contributed by atoms with E-state index in [1.165, 1.54) is 16.7 Å². The first-order valence-electron chi connectivity index (χ1n) is 13.5. The van der Waals surface area contributed by atoms with Crippen molar-refractivity contribution in [3.8, 4) is 5.75 Å². The van der Waals surface area contributed by atoms with Crippen LogP contribution >= 0.6 is 0 Å². The zero-order valence-electron chi connectivity index (χ0n) is 21.9. The molecule has 7 nitrogen and oxygen atoms in total. The molecule has 0 radical (unpaired) electrons. The van der Waals surface area contributed by atoms with Crippen LogP contribution in [0.4, 0.5) is 4.79 Å². The Labute approximate surface area is 210 Å². The lowest BCUT2D eigenvalue weighted by Gasteiger charge is -2.41. The first kappa shape index (κ1) is 25.8. The SMILES string of the molecule is CCCc1cc(C)c(OCC)cc1CN1CCC2(CC1)CN(C1CCC(C)CC1C(=O)O)C(=O)N2. The molecule has 3 unspecified atom stereocenters. The number of aliphatic carboxylic acids is 1. The van der Waals surface area contributed by atoms with Crippen molar-refractivity contribution in [2.75, 3.05) is 26.2 Å². The maximum Gasteiger partial charge on any atom is 0.318 e.